The molecule has 1 aromatic rings. The number of amides is 8. The standard InChI is InChI=1S/C58H95N8O13P/c1-8-34-78-80-66(43(2)3)44(4)36-51(70)28-18-14-22-31-60-54(73)41-64(40-53(72)59-30-20-11-15-25-45(5)67)56(75)48-37-49(39-50(38-48)63-52(71)29-19-9-10-24-35-79-80)57(76)65(58(77)62-33-23-13-17-27-47(7)69)42-55(74)61-32-21-12-16-26-46(6)68/h37-39,43-44H,8-36,40-42H2,1-7H3,(H,59,72)(H,60,73)(H,61,74)(H,62,77)(H,63,71). The highest BCUT2D eigenvalue weighted by molar-refractivity contribution is 7.44. The maximum atomic E-state index is 14.7. The number of carbonyl (C=O) groups excluding carboxylic acids is 11. The second-order valence-corrected chi connectivity index (χ2v) is 22.6. The van der Waals surface area contributed by atoms with Crippen LogP contribution < -0.4 is 26.6 Å². The second kappa shape index (κ2) is 41.5. The number of hydrogen-bond donors (Lipinski definition) is 5. The van der Waals surface area contributed by atoms with E-state index >= 15 is 0 Å². The first-order valence-corrected chi connectivity index (χ1v) is 30.3. The molecule has 0 radical (unpaired) electrons. The molecule has 1 aromatic carbocycles. The van der Waals surface area contributed by atoms with Gasteiger partial charge in [-0.05, 0) is 130 Å². The van der Waals surface area contributed by atoms with Crippen molar-refractivity contribution < 1.29 is 61.8 Å². The summed E-state index contributed by atoms with van der Waals surface area (Å²) in [7, 11) is -1.45. The van der Waals surface area contributed by atoms with Gasteiger partial charge in [-0.1, -0.05) is 45.4 Å². The molecule has 8 amide bonds. The minimum Gasteiger partial charge on any atom is -0.355 e. The van der Waals surface area contributed by atoms with Gasteiger partial charge < -0.3 is 54.9 Å². The van der Waals surface area contributed by atoms with Crippen LogP contribution in [0, 0.1) is 0 Å². The Morgan fingerprint density at radius 1 is 0.713 bits per heavy atom. The molecule has 0 saturated heterocycles. The van der Waals surface area contributed by atoms with Gasteiger partial charge in [0.2, 0.25) is 23.6 Å². The van der Waals surface area contributed by atoms with Gasteiger partial charge in [-0.25, -0.2) is 9.46 Å². The van der Waals surface area contributed by atoms with E-state index in [4.69, 9.17) is 9.05 Å². The molecule has 22 heteroatoms. The number of hydrogen-bond acceptors (Lipinski definition) is 14. The predicted octanol–water partition coefficient (Wildman–Crippen LogP) is 8.27. The van der Waals surface area contributed by atoms with Crippen LogP contribution in [0.4, 0.5) is 10.5 Å². The van der Waals surface area contributed by atoms with Crippen molar-refractivity contribution in [2.75, 3.05) is 64.3 Å². The van der Waals surface area contributed by atoms with Crippen molar-refractivity contribution >= 4 is 78.8 Å². The number of ketones is 4. The summed E-state index contributed by atoms with van der Waals surface area (Å²) in [5.74, 6) is -3.81. The summed E-state index contributed by atoms with van der Waals surface area (Å²) in [5, 5.41) is 13.8. The highest BCUT2D eigenvalue weighted by atomic mass is 31.2. The molecule has 0 saturated carbocycles. The topological polar surface area (TPSA) is 276 Å². The number of nitrogens with one attached hydrogen (secondary N) is 5. The highest BCUT2D eigenvalue weighted by Crippen LogP contribution is 2.47. The minimum atomic E-state index is -1.45. The summed E-state index contributed by atoms with van der Waals surface area (Å²) in [6, 6.07) is 2.82. The molecule has 21 nitrogen and oxygen atoms in total. The lowest BCUT2D eigenvalue weighted by Gasteiger charge is -2.37. The van der Waals surface area contributed by atoms with Crippen molar-refractivity contribution in [1.29, 1.82) is 0 Å². The van der Waals surface area contributed by atoms with Crippen LogP contribution in [0.25, 0.3) is 0 Å². The Bertz CT molecular complexity index is 2160. The zero-order valence-electron chi connectivity index (χ0n) is 49.1. The largest absolute Gasteiger partial charge is 0.355 e. The zero-order valence-corrected chi connectivity index (χ0v) is 50.0. The van der Waals surface area contributed by atoms with Crippen molar-refractivity contribution in [3.8, 4) is 0 Å². The van der Waals surface area contributed by atoms with Gasteiger partial charge in [-0.2, -0.15) is 0 Å². The molecule has 2 atom stereocenters. The van der Waals surface area contributed by atoms with E-state index in [1.165, 1.54) is 39.0 Å². The number of nitrogens with zero attached hydrogens (tertiary/aromatic N) is 3. The summed E-state index contributed by atoms with van der Waals surface area (Å²) in [5.41, 5.74) is -0.444. The highest BCUT2D eigenvalue weighted by Gasteiger charge is 2.31. The molecular formula is C58H95N8O13P. The van der Waals surface area contributed by atoms with Gasteiger partial charge in [0.1, 0.15) is 42.8 Å². The molecule has 1 aliphatic rings. The fraction of sp³-hybridized carbons (Fsp3) is 0.707. The van der Waals surface area contributed by atoms with Crippen LogP contribution in [-0.4, -0.2) is 150 Å². The van der Waals surface area contributed by atoms with E-state index in [1.54, 1.807) is 0 Å². The number of benzene rings is 1. The van der Waals surface area contributed by atoms with Gasteiger partial charge in [-0.3, -0.25) is 38.5 Å². The average molecular weight is 1140 g/mol. The third-order valence-electron chi connectivity index (χ3n) is 13.0. The lowest BCUT2D eigenvalue weighted by atomic mass is 10.1. The molecule has 0 aliphatic carbocycles. The number of unbranched alkanes of at least 4 members (excludes halogenated alkanes) is 6. The van der Waals surface area contributed by atoms with E-state index in [9.17, 15) is 52.7 Å². The second-order valence-electron chi connectivity index (χ2n) is 21.2. The van der Waals surface area contributed by atoms with E-state index in [2.05, 4.69) is 45.1 Å². The fourth-order valence-electron chi connectivity index (χ4n) is 8.83. The number of urea groups is 1. The summed E-state index contributed by atoms with van der Waals surface area (Å²) in [6.45, 7) is 12.5. The Kier molecular flexibility index (Phi) is 36.6. The van der Waals surface area contributed by atoms with Crippen LogP contribution in [0.2, 0.25) is 0 Å². The van der Waals surface area contributed by atoms with Gasteiger partial charge in [0, 0.05) is 93.6 Å². The van der Waals surface area contributed by atoms with Crippen LogP contribution in [0.5, 0.6) is 0 Å². The number of anilines is 1. The molecule has 1 heterocycles. The number of fused-ring (bicyclic) bond motifs is 2. The molecule has 450 valence electrons. The molecule has 2 unspecified atom stereocenters. The Balaban J connectivity index is 2.59. The van der Waals surface area contributed by atoms with Crippen LogP contribution in [-0.2, 0) is 47.4 Å². The number of rotatable bonds is 27. The first kappa shape index (κ1) is 70.6. The summed E-state index contributed by atoms with van der Waals surface area (Å²) in [6.07, 6.45) is 12.5. The third kappa shape index (κ3) is 31.5. The summed E-state index contributed by atoms with van der Waals surface area (Å²) < 4.78 is 14.7. The van der Waals surface area contributed by atoms with Crippen molar-refractivity contribution in [2.45, 2.75) is 208 Å². The summed E-state index contributed by atoms with van der Waals surface area (Å²) >= 11 is 0. The lowest BCUT2D eigenvalue weighted by molar-refractivity contribution is -0.125. The van der Waals surface area contributed by atoms with Crippen molar-refractivity contribution in [2.24, 2.45) is 0 Å². The van der Waals surface area contributed by atoms with Gasteiger partial charge in [0.25, 0.3) is 20.3 Å². The van der Waals surface area contributed by atoms with Gasteiger partial charge in [-0.15, -0.1) is 0 Å². The van der Waals surface area contributed by atoms with E-state index in [0.717, 1.165) is 17.7 Å². The fourth-order valence-corrected chi connectivity index (χ4v) is 10.6. The molecule has 1 aliphatic heterocycles. The average Bonchev–Trinajstić information content (AvgIpc) is 3.44. The van der Waals surface area contributed by atoms with E-state index in [0.29, 0.717) is 147 Å². The maximum absolute atomic E-state index is 14.7. The molecule has 0 fully saturated rings. The van der Waals surface area contributed by atoms with Crippen molar-refractivity contribution in [3.63, 3.8) is 0 Å². The molecule has 80 heavy (non-hydrogen) atoms. The van der Waals surface area contributed by atoms with Crippen LogP contribution in [0.1, 0.15) is 217 Å². The number of carbonyl (C=O) groups is 11. The van der Waals surface area contributed by atoms with E-state index in [-0.39, 0.29) is 84.6 Å². The Labute approximate surface area is 476 Å². The first-order chi connectivity index (χ1) is 38.2. The van der Waals surface area contributed by atoms with Crippen LogP contribution in [0.15, 0.2) is 18.2 Å². The predicted molar refractivity (Wildman–Crippen MR) is 309 cm³/mol. The van der Waals surface area contributed by atoms with Crippen LogP contribution >= 0.6 is 8.53 Å². The van der Waals surface area contributed by atoms with Gasteiger partial charge in [0.05, 0.1) is 13.2 Å². The first-order valence-electron chi connectivity index (χ1n) is 29.2. The van der Waals surface area contributed by atoms with Gasteiger partial charge >= 0.3 is 6.03 Å². The van der Waals surface area contributed by atoms with Crippen molar-refractivity contribution in [3.05, 3.63) is 29.3 Å². The quantitative estimate of drug-likeness (QED) is 0.0410. The van der Waals surface area contributed by atoms with Gasteiger partial charge in [0.15, 0.2) is 0 Å². The molecule has 5 N–H and O–H groups in total. The molecular weight excluding hydrogens is 1050 g/mol. The summed E-state index contributed by atoms with van der Waals surface area (Å²) in [4.78, 5) is 147. The van der Waals surface area contributed by atoms with Crippen LogP contribution in [0.3, 0.4) is 0 Å². The monoisotopic (exact) mass is 1140 g/mol. The normalized spacial score (nSPS) is 17.2. The molecule has 0 aromatic heterocycles. The Morgan fingerprint density at radius 2 is 1.29 bits per heavy atom. The lowest BCUT2D eigenvalue weighted by Crippen LogP contribution is -2.49. The SMILES string of the molecule is CCCOP1OCCCCCCC(=O)Nc2cc(cc(C(=O)N(CC(=O)NCCCCCC(C)=O)C(=O)NCCCCCC(C)=O)c2)C(=O)N(CC(=O)NCCCCCC(C)=O)CC(=O)NCCCCCC(=O)CC(C)N1C(C)C. The molecule has 2 bridgehead atoms. The smallest absolute Gasteiger partial charge is 0.324 e. The van der Waals surface area contributed by atoms with E-state index in [1.807, 2.05) is 13.8 Å². The minimum absolute atomic E-state index is 0.0121. The molecule has 2 rings (SSSR count). The number of Topliss-reactive ketones (excluding diaryl/α,β-unsaturated/α-hetero) is 4. The number of imide groups is 1. The maximum Gasteiger partial charge on any atom is 0.324 e. The van der Waals surface area contributed by atoms with Crippen molar-refractivity contribution in [1.82, 2.24) is 35.7 Å². The Hall–Kier alpha value is -5.50. The zero-order chi connectivity index (χ0) is 59.2. The third-order valence-corrected chi connectivity index (χ3v) is 15.1. The van der Waals surface area contributed by atoms with E-state index < -0.39 is 69.6 Å². The molecule has 0 spiro atoms. The Morgan fingerprint density at radius 3 is 1.89 bits per heavy atom.